The molecule has 0 aliphatic rings. The van der Waals surface area contributed by atoms with Crippen LogP contribution in [0.25, 0.3) is 44.5 Å². The summed E-state index contributed by atoms with van der Waals surface area (Å²) in [4.78, 5) is 8.26. The average molecular weight is 627 g/mol. The molecule has 4 heteroatoms. The van der Waals surface area contributed by atoms with Crippen molar-refractivity contribution < 1.29 is 35.5 Å². The first kappa shape index (κ1) is 15.3. The minimum atomic E-state index is -2.48. The van der Waals surface area contributed by atoms with Gasteiger partial charge in [-0.05, 0) is 42.3 Å². The maximum Gasteiger partial charge on any atom is 0.120 e. The molecule has 0 spiro atoms. The van der Waals surface area contributed by atoms with Gasteiger partial charge in [0.15, 0.2) is 0 Å². The summed E-state index contributed by atoms with van der Waals surface area (Å²) in [6.07, 6.45) is 2.53. The standard InChI is InChI=1S/C18H12NO.C12H10N.Ir/c1-12-9-10-16(19-11-12)15-7-4-6-14-13-5-2-3-8-17(13)20-18(14)15;1-10-7-8-12(13-9-10)11-5-3-2-4-6-11;/h2-6,8-11H,1H3;2-5,7-9H,1H3;/q2*-1;/i1D3,9D,10D;1D3;. The Balaban J connectivity index is 0.000000207. The van der Waals surface area contributed by atoms with E-state index < -0.39 is 13.7 Å². The van der Waals surface area contributed by atoms with Gasteiger partial charge in [0.25, 0.3) is 0 Å². The van der Waals surface area contributed by atoms with Crippen molar-refractivity contribution >= 4 is 21.9 Å². The molecule has 34 heavy (non-hydrogen) atoms. The topological polar surface area (TPSA) is 38.9 Å². The van der Waals surface area contributed by atoms with Crippen molar-refractivity contribution in [1.82, 2.24) is 9.97 Å². The van der Waals surface area contributed by atoms with Gasteiger partial charge in [-0.3, -0.25) is 0 Å². The second-order valence-electron chi connectivity index (χ2n) is 7.17. The number of aryl methyl sites for hydroxylation is 2. The fourth-order valence-corrected chi connectivity index (χ4v) is 3.42. The number of rotatable bonds is 2. The Hall–Kier alpha value is -3.59. The molecule has 0 fully saturated rings. The molecule has 6 rings (SSSR count). The zero-order valence-corrected chi connectivity index (χ0v) is 20.1. The van der Waals surface area contributed by atoms with Gasteiger partial charge >= 0.3 is 0 Å². The van der Waals surface area contributed by atoms with Crippen LogP contribution in [0.2, 0.25) is 0 Å². The molecular formula is C30H22IrN2O-2. The van der Waals surface area contributed by atoms with Crippen molar-refractivity contribution in [2.24, 2.45) is 0 Å². The van der Waals surface area contributed by atoms with Gasteiger partial charge in [0.05, 0.1) is 8.32 Å². The maximum absolute atomic E-state index is 8.20. The SMILES string of the molecule is [2H]C([2H])([2H])c1ccc(-c2[c-]cccc2)nc1.[2H]c1c(C([2H])([2H])[2H])cnc(-c2[c-]ccc3c2oc2ccccc23)c1[2H].[Ir]. The summed E-state index contributed by atoms with van der Waals surface area (Å²) >= 11 is 0. The summed E-state index contributed by atoms with van der Waals surface area (Å²) in [6, 6.07) is 27.3. The number of aromatic nitrogens is 2. The Morgan fingerprint density at radius 3 is 2.38 bits per heavy atom. The Bertz CT molecular complexity index is 1830. The molecule has 6 aromatic rings. The van der Waals surface area contributed by atoms with E-state index in [4.69, 9.17) is 15.4 Å². The van der Waals surface area contributed by atoms with Gasteiger partial charge < -0.3 is 14.4 Å². The summed E-state index contributed by atoms with van der Waals surface area (Å²) < 4.78 is 66.2. The third-order valence-corrected chi connectivity index (χ3v) is 4.96. The molecular weight excluding hydrogens is 597 g/mol. The second kappa shape index (κ2) is 10.6. The molecule has 3 heterocycles. The molecule has 1 radical (unpaired) electrons. The van der Waals surface area contributed by atoms with Crippen LogP contribution in [-0.2, 0) is 20.1 Å². The van der Waals surface area contributed by atoms with E-state index >= 15 is 0 Å². The van der Waals surface area contributed by atoms with E-state index in [0.717, 1.165) is 28.2 Å². The third kappa shape index (κ3) is 4.99. The number of furan rings is 1. The predicted molar refractivity (Wildman–Crippen MR) is 134 cm³/mol. The molecule has 0 unspecified atom stereocenters. The van der Waals surface area contributed by atoms with Gasteiger partial charge in [0.1, 0.15) is 5.58 Å². The number of benzene rings is 3. The number of hydrogen-bond donors (Lipinski definition) is 0. The van der Waals surface area contributed by atoms with Crippen LogP contribution in [0.1, 0.15) is 22.1 Å². The van der Waals surface area contributed by atoms with Gasteiger partial charge in [-0.1, -0.05) is 53.4 Å². The first-order chi connectivity index (χ1) is 19.4. The molecule has 0 amide bonds. The Morgan fingerprint density at radius 1 is 0.765 bits per heavy atom. The molecule has 0 saturated carbocycles. The number of hydrogen-bond acceptors (Lipinski definition) is 3. The fourth-order valence-electron chi connectivity index (χ4n) is 3.42. The van der Waals surface area contributed by atoms with Crippen molar-refractivity contribution in [3.05, 3.63) is 121 Å². The molecule has 0 N–H and O–H groups in total. The summed E-state index contributed by atoms with van der Waals surface area (Å²) in [5, 5.41) is 1.79. The monoisotopic (exact) mass is 627 g/mol. The zero-order valence-electron chi connectivity index (χ0n) is 25.7. The minimum Gasteiger partial charge on any atom is -0.501 e. The first-order valence-electron chi connectivity index (χ1n) is 14.2. The van der Waals surface area contributed by atoms with Gasteiger partial charge in [-0.15, -0.1) is 54.1 Å². The van der Waals surface area contributed by atoms with Crippen molar-refractivity contribution in [3.8, 4) is 22.5 Å². The molecule has 169 valence electrons. The fraction of sp³-hybridized carbons (Fsp3) is 0.0667. The van der Waals surface area contributed by atoms with Crippen LogP contribution < -0.4 is 0 Å². The van der Waals surface area contributed by atoms with Crippen LogP contribution in [-0.4, -0.2) is 9.97 Å². The molecule has 3 nitrogen and oxygen atoms in total. The van der Waals surface area contributed by atoms with Crippen LogP contribution >= 0.6 is 0 Å². The average Bonchev–Trinajstić information content (AvgIpc) is 3.33. The molecule has 0 aliphatic heterocycles. The van der Waals surface area contributed by atoms with E-state index in [2.05, 4.69) is 22.1 Å². The van der Waals surface area contributed by atoms with Gasteiger partial charge in [0, 0.05) is 46.1 Å². The van der Waals surface area contributed by atoms with Crippen LogP contribution in [0.15, 0.2) is 102 Å². The molecule has 0 bridgehead atoms. The van der Waals surface area contributed by atoms with E-state index in [1.807, 2.05) is 48.5 Å². The summed E-state index contributed by atoms with van der Waals surface area (Å²) in [6.45, 7) is -4.57. The minimum absolute atomic E-state index is 0. The smallest absolute Gasteiger partial charge is 0.120 e. The van der Waals surface area contributed by atoms with Crippen molar-refractivity contribution in [2.45, 2.75) is 13.7 Å². The predicted octanol–water partition coefficient (Wildman–Crippen LogP) is 7.61. The molecule has 3 aromatic carbocycles. The van der Waals surface area contributed by atoms with Crippen molar-refractivity contribution in [3.63, 3.8) is 0 Å². The van der Waals surface area contributed by atoms with E-state index in [0.29, 0.717) is 16.7 Å². The van der Waals surface area contributed by atoms with Crippen LogP contribution in [0.5, 0.6) is 0 Å². The number of fused-ring (bicyclic) bond motifs is 3. The Morgan fingerprint density at radius 2 is 1.59 bits per heavy atom. The van der Waals surface area contributed by atoms with Crippen molar-refractivity contribution in [1.29, 1.82) is 0 Å². The van der Waals surface area contributed by atoms with Gasteiger partial charge in [-0.25, -0.2) is 0 Å². The van der Waals surface area contributed by atoms with Crippen LogP contribution in [0.4, 0.5) is 0 Å². The number of pyridine rings is 2. The third-order valence-electron chi connectivity index (χ3n) is 4.96. The van der Waals surface area contributed by atoms with Gasteiger partial charge in [-0.2, -0.15) is 0 Å². The quantitative estimate of drug-likeness (QED) is 0.186. The van der Waals surface area contributed by atoms with E-state index in [1.54, 1.807) is 24.3 Å². The number of nitrogens with zero attached hydrogens (tertiary/aromatic N) is 2. The molecule has 0 saturated heterocycles. The number of para-hydroxylation sites is 1. The molecule has 0 atom stereocenters. The summed E-state index contributed by atoms with van der Waals surface area (Å²) in [7, 11) is 0. The summed E-state index contributed by atoms with van der Waals surface area (Å²) in [5.74, 6) is 0. The van der Waals surface area contributed by atoms with Crippen LogP contribution in [0, 0.1) is 25.8 Å². The Kier molecular flexibility index (Phi) is 4.76. The maximum atomic E-state index is 8.20. The zero-order chi connectivity index (χ0) is 29.4. The van der Waals surface area contributed by atoms with E-state index in [-0.39, 0.29) is 49.0 Å². The van der Waals surface area contributed by atoms with Crippen LogP contribution in [0.3, 0.4) is 0 Å². The molecule has 3 aromatic heterocycles. The van der Waals surface area contributed by atoms with E-state index in [1.165, 1.54) is 6.20 Å². The Labute approximate surface area is 224 Å². The van der Waals surface area contributed by atoms with Crippen molar-refractivity contribution in [2.75, 3.05) is 0 Å². The molecule has 0 aliphatic carbocycles. The second-order valence-corrected chi connectivity index (χ2v) is 7.17. The van der Waals surface area contributed by atoms with Gasteiger partial charge in [0.2, 0.25) is 0 Å². The summed E-state index contributed by atoms with van der Waals surface area (Å²) in [5.41, 5.74) is 3.46. The van der Waals surface area contributed by atoms with E-state index in [9.17, 15) is 0 Å². The normalized spacial score (nSPS) is 14.6. The first-order valence-corrected chi connectivity index (χ1v) is 10.2. The largest absolute Gasteiger partial charge is 0.501 e.